The van der Waals surface area contributed by atoms with Crippen LogP contribution in [0.5, 0.6) is 0 Å². The van der Waals surface area contributed by atoms with Crippen LogP contribution in [0.15, 0.2) is 60.9 Å². The number of aromatic nitrogens is 2. The first-order valence-electron chi connectivity index (χ1n) is 8.30. The molecule has 6 heteroatoms. The Hall–Kier alpha value is -3.28. The van der Waals surface area contributed by atoms with Gasteiger partial charge < -0.3 is 10.2 Å². The van der Waals surface area contributed by atoms with Crippen molar-refractivity contribution >= 4 is 23.2 Å². The van der Waals surface area contributed by atoms with E-state index in [-0.39, 0.29) is 5.91 Å². The number of aryl methyl sites for hydroxylation is 1. The zero-order chi connectivity index (χ0) is 18.5. The number of carbonyl (C=O) groups excluding carboxylic acids is 1. The number of rotatable bonds is 5. The Bertz CT molecular complexity index is 912. The molecule has 3 rings (SSSR count). The highest BCUT2D eigenvalue weighted by atomic mass is 19.1. The molecule has 0 fully saturated rings. The molecular weight excluding hydrogens is 331 g/mol. The minimum atomic E-state index is -0.411. The first-order chi connectivity index (χ1) is 12.6. The summed E-state index contributed by atoms with van der Waals surface area (Å²) in [6.07, 6.45) is 2.94. The first-order valence-corrected chi connectivity index (χ1v) is 8.30. The predicted molar refractivity (Wildman–Crippen MR) is 100 cm³/mol. The van der Waals surface area contributed by atoms with Crippen LogP contribution >= 0.6 is 0 Å². The highest BCUT2D eigenvalue weighted by Crippen LogP contribution is 2.22. The molecule has 0 saturated carbocycles. The second-order valence-corrected chi connectivity index (χ2v) is 5.82. The largest absolute Gasteiger partial charge is 0.322 e. The van der Waals surface area contributed by atoms with Gasteiger partial charge in [-0.2, -0.15) is 0 Å². The molecule has 0 atom stereocenters. The smallest absolute Gasteiger partial charge is 0.258 e. The maximum absolute atomic E-state index is 13.2. The third kappa shape index (κ3) is 4.03. The van der Waals surface area contributed by atoms with Gasteiger partial charge in [-0.25, -0.2) is 14.4 Å². The van der Waals surface area contributed by atoms with E-state index in [1.807, 2.05) is 36.9 Å². The first kappa shape index (κ1) is 17.5. The highest BCUT2D eigenvalue weighted by Gasteiger charge is 2.13. The highest BCUT2D eigenvalue weighted by molar-refractivity contribution is 6.03. The van der Waals surface area contributed by atoms with Gasteiger partial charge in [-0.15, -0.1) is 0 Å². The average molecular weight is 350 g/mol. The molecule has 26 heavy (non-hydrogen) atoms. The number of amides is 1. The summed E-state index contributed by atoms with van der Waals surface area (Å²) in [6.45, 7) is 4.73. The third-order valence-corrected chi connectivity index (χ3v) is 3.85. The summed E-state index contributed by atoms with van der Waals surface area (Å²) in [6, 6.07) is 13.8. The van der Waals surface area contributed by atoms with E-state index in [2.05, 4.69) is 21.4 Å². The summed E-state index contributed by atoms with van der Waals surface area (Å²) < 4.78 is 13.2. The van der Waals surface area contributed by atoms with Gasteiger partial charge in [0.1, 0.15) is 5.82 Å². The molecule has 0 bridgehead atoms. The monoisotopic (exact) mass is 350 g/mol. The molecule has 132 valence electrons. The number of hydrogen-bond donors (Lipinski definition) is 1. The van der Waals surface area contributed by atoms with Crippen LogP contribution in [0, 0.1) is 12.7 Å². The van der Waals surface area contributed by atoms with Crippen molar-refractivity contribution in [2.45, 2.75) is 13.8 Å². The van der Waals surface area contributed by atoms with Crippen LogP contribution in [0.3, 0.4) is 0 Å². The van der Waals surface area contributed by atoms with Gasteiger partial charge in [0.05, 0.1) is 5.56 Å². The zero-order valence-electron chi connectivity index (χ0n) is 14.6. The average Bonchev–Trinajstić information content (AvgIpc) is 2.63. The minimum Gasteiger partial charge on any atom is -0.322 e. The van der Waals surface area contributed by atoms with Crippen LogP contribution in [0.25, 0.3) is 0 Å². The Morgan fingerprint density at radius 2 is 1.85 bits per heavy atom. The number of nitrogens with zero attached hydrogens (tertiary/aromatic N) is 3. The third-order valence-electron chi connectivity index (χ3n) is 3.85. The molecule has 5 nitrogen and oxygen atoms in total. The van der Waals surface area contributed by atoms with Gasteiger partial charge in [0.2, 0.25) is 5.95 Å². The van der Waals surface area contributed by atoms with Gasteiger partial charge in [0.15, 0.2) is 0 Å². The summed E-state index contributed by atoms with van der Waals surface area (Å²) >= 11 is 0. The minimum absolute atomic E-state index is 0.304. The van der Waals surface area contributed by atoms with Crippen LogP contribution in [-0.2, 0) is 0 Å². The lowest BCUT2D eigenvalue weighted by molar-refractivity contribution is 0.102. The fourth-order valence-corrected chi connectivity index (χ4v) is 2.58. The molecule has 0 aliphatic rings. The van der Waals surface area contributed by atoms with E-state index in [0.717, 1.165) is 11.3 Å². The van der Waals surface area contributed by atoms with Crippen molar-refractivity contribution in [2.75, 3.05) is 16.8 Å². The van der Waals surface area contributed by atoms with E-state index >= 15 is 0 Å². The van der Waals surface area contributed by atoms with Gasteiger partial charge in [-0.05, 0) is 49.7 Å². The number of benzene rings is 2. The van der Waals surface area contributed by atoms with Crippen LogP contribution in [0.2, 0.25) is 0 Å². The maximum atomic E-state index is 13.2. The standard InChI is InChI=1S/C20H19FN4O/c1-3-25(18-9-4-6-14(2)10-18)20-22-12-15(13-23-20)19(26)24-17-8-5-7-16(21)11-17/h4-13H,3H2,1-2H3,(H,24,26). The Morgan fingerprint density at radius 1 is 1.12 bits per heavy atom. The lowest BCUT2D eigenvalue weighted by Gasteiger charge is -2.21. The second-order valence-electron chi connectivity index (χ2n) is 5.82. The van der Waals surface area contributed by atoms with E-state index in [4.69, 9.17) is 0 Å². The van der Waals surface area contributed by atoms with Crippen molar-refractivity contribution in [3.05, 3.63) is 77.9 Å². The predicted octanol–water partition coefficient (Wildman–Crippen LogP) is 4.33. The lowest BCUT2D eigenvalue weighted by Crippen LogP contribution is -2.20. The summed E-state index contributed by atoms with van der Waals surface area (Å²) in [7, 11) is 0. The van der Waals surface area contributed by atoms with Crippen molar-refractivity contribution in [1.29, 1.82) is 0 Å². The Morgan fingerprint density at radius 3 is 2.50 bits per heavy atom. The molecule has 1 heterocycles. The fourth-order valence-electron chi connectivity index (χ4n) is 2.58. The molecule has 0 radical (unpaired) electrons. The van der Waals surface area contributed by atoms with Gasteiger partial charge in [-0.3, -0.25) is 4.79 Å². The molecule has 1 N–H and O–H groups in total. The molecule has 0 unspecified atom stereocenters. The molecule has 1 aromatic heterocycles. The quantitative estimate of drug-likeness (QED) is 0.744. The molecule has 0 aliphatic carbocycles. The number of nitrogens with one attached hydrogen (secondary N) is 1. The zero-order valence-corrected chi connectivity index (χ0v) is 14.6. The number of hydrogen-bond acceptors (Lipinski definition) is 4. The molecule has 3 aromatic rings. The molecule has 0 spiro atoms. The van der Waals surface area contributed by atoms with E-state index in [0.29, 0.717) is 23.7 Å². The van der Waals surface area contributed by atoms with Crippen molar-refractivity contribution in [3.8, 4) is 0 Å². The lowest BCUT2D eigenvalue weighted by atomic mass is 10.2. The van der Waals surface area contributed by atoms with Crippen LogP contribution in [-0.4, -0.2) is 22.4 Å². The molecule has 0 aliphatic heterocycles. The summed E-state index contributed by atoms with van der Waals surface area (Å²) in [5.41, 5.74) is 2.82. The van der Waals surface area contributed by atoms with Crippen LogP contribution in [0.1, 0.15) is 22.8 Å². The van der Waals surface area contributed by atoms with E-state index in [9.17, 15) is 9.18 Å². The molecular formula is C20H19FN4O. The van der Waals surface area contributed by atoms with Crippen molar-refractivity contribution in [3.63, 3.8) is 0 Å². The van der Waals surface area contributed by atoms with Gasteiger partial charge >= 0.3 is 0 Å². The summed E-state index contributed by atoms with van der Waals surface area (Å²) in [4.78, 5) is 22.9. The Labute approximate surface area is 151 Å². The molecule has 2 aromatic carbocycles. The molecule has 0 saturated heterocycles. The number of anilines is 3. The summed E-state index contributed by atoms with van der Waals surface area (Å²) in [5, 5.41) is 2.63. The van der Waals surface area contributed by atoms with Gasteiger partial charge in [0, 0.05) is 30.3 Å². The number of halogens is 1. The van der Waals surface area contributed by atoms with Gasteiger partial charge in [-0.1, -0.05) is 18.2 Å². The van der Waals surface area contributed by atoms with Crippen molar-refractivity contribution in [1.82, 2.24) is 9.97 Å². The SMILES string of the molecule is CCN(c1cccc(C)c1)c1ncc(C(=O)Nc2cccc(F)c2)cn1. The van der Waals surface area contributed by atoms with E-state index < -0.39 is 5.82 Å². The van der Waals surface area contributed by atoms with Crippen LogP contribution < -0.4 is 10.2 Å². The van der Waals surface area contributed by atoms with Crippen LogP contribution in [0.4, 0.5) is 21.7 Å². The topological polar surface area (TPSA) is 58.1 Å². The number of carbonyl (C=O) groups is 1. The maximum Gasteiger partial charge on any atom is 0.258 e. The van der Waals surface area contributed by atoms with E-state index in [1.165, 1.54) is 30.6 Å². The second kappa shape index (κ2) is 7.74. The Kier molecular flexibility index (Phi) is 5.22. The fraction of sp³-hybridized carbons (Fsp3) is 0.150. The summed E-state index contributed by atoms with van der Waals surface area (Å²) in [5.74, 6) is -0.285. The van der Waals surface area contributed by atoms with E-state index in [1.54, 1.807) is 6.07 Å². The van der Waals surface area contributed by atoms with Gasteiger partial charge in [0.25, 0.3) is 5.91 Å². The Balaban J connectivity index is 1.77. The van der Waals surface area contributed by atoms with Crippen molar-refractivity contribution in [2.24, 2.45) is 0 Å². The van der Waals surface area contributed by atoms with Crippen molar-refractivity contribution < 1.29 is 9.18 Å². The molecule has 1 amide bonds. The normalized spacial score (nSPS) is 10.4.